The summed E-state index contributed by atoms with van der Waals surface area (Å²) in [5.74, 6) is 0.767. The standard InChI is InChI=1S/C25H23ClN4O2/c1-25(2)15-32-14-22(25)30(17-6-4-3-5-7-17)24-20-13-27-11-10-18(20)23(28-29-24)19-9-8-16(26)12-21(19)31/h3-13,22,31H,14-15H2,1-2H3/t22-/m1/s1. The van der Waals surface area contributed by atoms with Crippen molar-refractivity contribution in [1.29, 1.82) is 0 Å². The number of fused-ring (bicyclic) bond motifs is 1. The van der Waals surface area contributed by atoms with Gasteiger partial charge in [-0.05, 0) is 36.4 Å². The number of pyridine rings is 1. The Kier molecular flexibility index (Phi) is 5.19. The fraction of sp³-hybridized carbons (Fsp3) is 0.240. The zero-order chi connectivity index (χ0) is 22.3. The number of nitrogens with zero attached hydrogens (tertiary/aromatic N) is 4. The fourth-order valence-electron chi connectivity index (χ4n) is 4.28. The summed E-state index contributed by atoms with van der Waals surface area (Å²) in [6.07, 6.45) is 3.52. The molecule has 7 heteroatoms. The lowest BCUT2D eigenvalue weighted by Gasteiger charge is -2.37. The molecule has 2 aromatic heterocycles. The molecule has 0 saturated carbocycles. The van der Waals surface area contributed by atoms with Crippen LogP contribution in [0.1, 0.15) is 13.8 Å². The van der Waals surface area contributed by atoms with Gasteiger partial charge < -0.3 is 14.7 Å². The molecule has 1 saturated heterocycles. The Morgan fingerprint density at radius 3 is 2.59 bits per heavy atom. The normalized spacial score (nSPS) is 17.5. The van der Waals surface area contributed by atoms with E-state index in [1.807, 2.05) is 24.3 Å². The molecule has 0 aliphatic carbocycles. The third-order valence-corrected chi connectivity index (χ3v) is 6.24. The largest absolute Gasteiger partial charge is 0.507 e. The Morgan fingerprint density at radius 1 is 1.06 bits per heavy atom. The molecule has 0 amide bonds. The van der Waals surface area contributed by atoms with Crippen molar-refractivity contribution >= 4 is 33.9 Å². The summed E-state index contributed by atoms with van der Waals surface area (Å²) in [6.45, 7) is 5.66. The highest BCUT2D eigenvalue weighted by Crippen LogP contribution is 2.42. The van der Waals surface area contributed by atoms with Crippen LogP contribution in [-0.4, -0.2) is 39.5 Å². The number of aromatic nitrogens is 3. The minimum absolute atomic E-state index is 0.0582. The Bertz CT molecular complexity index is 1280. The van der Waals surface area contributed by atoms with Crippen LogP contribution in [0.15, 0.2) is 67.0 Å². The maximum absolute atomic E-state index is 10.5. The third kappa shape index (κ3) is 3.55. The van der Waals surface area contributed by atoms with E-state index in [4.69, 9.17) is 16.3 Å². The first-order chi connectivity index (χ1) is 15.5. The quantitative estimate of drug-likeness (QED) is 0.439. The van der Waals surface area contributed by atoms with Crippen LogP contribution in [0.25, 0.3) is 22.0 Å². The van der Waals surface area contributed by atoms with Crippen LogP contribution in [0.3, 0.4) is 0 Å². The number of ether oxygens (including phenoxy) is 1. The lowest BCUT2D eigenvalue weighted by atomic mass is 9.86. The van der Waals surface area contributed by atoms with Gasteiger partial charge in [0.15, 0.2) is 5.82 Å². The number of hydrogen-bond donors (Lipinski definition) is 1. The van der Waals surface area contributed by atoms with Crippen molar-refractivity contribution < 1.29 is 9.84 Å². The van der Waals surface area contributed by atoms with Crippen molar-refractivity contribution in [2.24, 2.45) is 5.41 Å². The minimum Gasteiger partial charge on any atom is -0.507 e. The van der Waals surface area contributed by atoms with Gasteiger partial charge in [0, 0.05) is 44.9 Å². The Morgan fingerprint density at radius 2 is 1.88 bits per heavy atom. The van der Waals surface area contributed by atoms with Crippen molar-refractivity contribution in [1.82, 2.24) is 15.2 Å². The van der Waals surface area contributed by atoms with Crippen LogP contribution in [-0.2, 0) is 4.74 Å². The number of aromatic hydroxyl groups is 1. The minimum atomic E-state index is -0.0842. The Hall–Kier alpha value is -3.22. The molecule has 162 valence electrons. The second kappa shape index (κ2) is 8.04. The van der Waals surface area contributed by atoms with Gasteiger partial charge in [-0.3, -0.25) is 4.98 Å². The molecule has 0 spiro atoms. The first-order valence-corrected chi connectivity index (χ1v) is 10.8. The fourth-order valence-corrected chi connectivity index (χ4v) is 4.45. The van der Waals surface area contributed by atoms with Gasteiger partial charge in [0.05, 0.1) is 19.3 Å². The average Bonchev–Trinajstić information content (AvgIpc) is 3.14. The molecule has 5 rings (SSSR count). The van der Waals surface area contributed by atoms with Crippen LogP contribution >= 0.6 is 11.6 Å². The van der Waals surface area contributed by atoms with Gasteiger partial charge in [0.25, 0.3) is 0 Å². The SMILES string of the molecule is CC1(C)COC[C@H]1N(c1ccccc1)c1nnc(-c2ccc(Cl)cc2O)c2ccncc12. The zero-order valence-corrected chi connectivity index (χ0v) is 18.6. The highest BCUT2D eigenvalue weighted by molar-refractivity contribution is 6.30. The van der Waals surface area contributed by atoms with Crippen molar-refractivity contribution in [2.45, 2.75) is 19.9 Å². The molecule has 1 N–H and O–H groups in total. The van der Waals surface area contributed by atoms with E-state index in [0.29, 0.717) is 35.3 Å². The van der Waals surface area contributed by atoms with Gasteiger partial charge in [0.1, 0.15) is 11.4 Å². The van der Waals surface area contributed by atoms with E-state index < -0.39 is 0 Å². The highest BCUT2D eigenvalue weighted by atomic mass is 35.5. The van der Waals surface area contributed by atoms with E-state index in [1.165, 1.54) is 6.07 Å². The number of rotatable bonds is 4. The lowest BCUT2D eigenvalue weighted by Crippen LogP contribution is -2.42. The van der Waals surface area contributed by atoms with Crippen LogP contribution in [0.5, 0.6) is 5.75 Å². The number of phenolic OH excluding ortho intramolecular Hbond substituents is 1. The zero-order valence-electron chi connectivity index (χ0n) is 17.9. The second-order valence-electron chi connectivity index (χ2n) is 8.68. The monoisotopic (exact) mass is 446 g/mol. The third-order valence-electron chi connectivity index (χ3n) is 6.00. The van der Waals surface area contributed by atoms with Crippen molar-refractivity contribution in [3.8, 4) is 17.0 Å². The van der Waals surface area contributed by atoms with Crippen LogP contribution in [0.2, 0.25) is 5.02 Å². The van der Waals surface area contributed by atoms with Crippen LogP contribution < -0.4 is 4.90 Å². The van der Waals surface area contributed by atoms with Gasteiger partial charge in [-0.25, -0.2) is 0 Å². The molecule has 0 unspecified atom stereocenters. The summed E-state index contributed by atoms with van der Waals surface area (Å²) in [5.41, 5.74) is 2.08. The molecule has 1 fully saturated rings. The highest BCUT2D eigenvalue weighted by Gasteiger charge is 2.41. The molecule has 3 heterocycles. The molecule has 1 aliphatic heterocycles. The summed E-state index contributed by atoms with van der Waals surface area (Å²) < 4.78 is 5.88. The van der Waals surface area contributed by atoms with Gasteiger partial charge in [-0.1, -0.05) is 43.6 Å². The predicted molar refractivity (Wildman–Crippen MR) is 126 cm³/mol. The molecular formula is C25H23ClN4O2. The van der Waals surface area contributed by atoms with E-state index in [-0.39, 0.29) is 17.2 Å². The molecular weight excluding hydrogens is 424 g/mol. The van der Waals surface area contributed by atoms with E-state index in [9.17, 15) is 5.11 Å². The van der Waals surface area contributed by atoms with E-state index in [1.54, 1.807) is 24.5 Å². The maximum atomic E-state index is 10.5. The van der Waals surface area contributed by atoms with Gasteiger partial charge >= 0.3 is 0 Å². The van der Waals surface area contributed by atoms with Gasteiger partial charge in [-0.2, -0.15) is 0 Å². The van der Waals surface area contributed by atoms with E-state index >= 15 is 0 Å². The van der Waals surface area contributed by atoms with Crippen molar-refractivity contribution in [3.63, 3.8) is 0 Å². The molecule has 4 aromatic rings. The number of phenols is 1. The summed E-state index contributed by atoms with van der Waals surface area (Å²) >= 11 is 6.03. The topological polar surface area (TPSA) is 71.4 Å². The first kappa shape index (κ1) is 20.7. The molecule has 32 heavy (non-hydrogen) atoms. The summed E-state index contributed by atoms with van der Waals surface area (Å²) in [5, 5.41) is 21.9. The predicted octanol–water partition coefficient (Wildman–Crippen LogP) is 5.61. The number of para-hydroxylation sites is 1. The summed E-state index contributed by atoms with van der Waals surface area (Å²) in [7, 11) is 0. The molecule has 0 radical (unpaired) electrons. The Labute approximate surface area is 191 Å². The molecule has 1 atom stereocenters. The number of halogens is 1. The van der Waals surface area contributed by atoms with Gasteiger partial charge in [-0.15, -0.1) is 10.2 Å². The van der Waals surface area contributed by atoms with Crippen molar-refractivity contribution in [3.05, 3.63) is 72.0 Å². The number of anilines is 2. The van der Waals surface area contributed by atoms with Gasteiger partial charge in [0.2, 0.25) is 0 Å². The lowest BCUT2D eigenvalue weighted by molar-refractivity contribution is 0.167. The first-order valence-electron chi connectivity index (χ1n) is 10.5. The van der Waals surface area contributed by atoms with Crippen LogP contribution in [0, 0.1) is 5.41 Å². The van der Waals surface area contributed by atoms with Crippen LogP contribution in [0.4, 0.5) is 11.5 Å². The van der Waals surface area contributed by atoms with E-state index in [2.05, 4.69) is 46.1 Å². The second-order valence-corrected chi connectivity index (χ2v) is 9.12. The molecule has 1 aliphatic rings. The maximum Gasteiger partial charge on any atom is 0.165 e. The molecule has 6 nitrogen and oxygen atoms in total. The van der Waals surface area contributed by atoms with E-state index in [0.717, 1.165) is 16.5 Å². The summed E-state index contributed by atoms with van der Waals surface area (Å²) in [4.78, 5) is 6.58. The number of benzene rings is 2. The number of hydrogen-bond acceptors (Lipinski definition) is 6. The smallest absolute Gasteiger partial charge is 0.165 e. The molecule has 2 aromatic carbocycles. The summed E-state index contributed by atoms with van der Waals surface area (Å²) in [6, 6.07) is 17.1. The van der Waals surface area contributed by atoms with Crippen molar-refractivity contribution in [2.75, 3.05) is 18.1 Å². The Balaban J connectivity index is 1.74. The molecule has 0 bridgehead atoms. The average molecular weight is 447 g/mol.